The van der Waals surface area contributed by atoms with Gasteiger partial charge < -0.3 is 9.47 Å². The summed E-state index contributed by atoms with van der Waals surface area (Å²) >= 11 is 1.71. The highest BCUT2D eigenvalue weighted by Crippen LogP contribution is 2.32. The maximum absolute atomic E-state index is 6.13. The van der Waals surface area contributed by atoms with Crippen LogP contribution in [0.25, 0.3) is 26.7 Å². The van der Waals surface area contributed by atoms with Crippen LogP contribution < -0.4 is 9.47 Å². The fourth-order valence-electron chi connectivity index (χ4n) is 4.77. The molecule has 0 radical (unpaired) electrons. The molecule has 0 saturated heterocycles. The van der Waals surface area contributed by atoms with Gasteiger partial charge in [-0.1, -0.05) is 63.7 Å². The third kappa shape index (κ3) is 8.10. The van der Waals surface area contributed by atoms with Crippen molar-refractivity contribution in [1.29, 1.82) is 0 Å². The second-order valence-electron chi connectivity index (χ2n) is 10.5. The van der Waals surface area contributed by atoms with E-state index in [0.29, 0.717) is 0 Å². The average Bonchev–Trinajstić information content (AvgIpc) is 3.50. The minimum absolute atomic E-state index is 0.244. The van der Waals surface area contributed by atoms with E-state index in [1.54, 1.807) is 11.3 Å². The molecule has 0 aliphatic rings. The van der Waals surface area contributed by atoms with Crippen LogP contribution >= 0.6 is 11.3 Å². The summed E-state index contributed by atoms with van der Waals surface area (Å²) in [6.45, 7) is 8.83. The zero-order chi connectivity index (χ0) is 26.7. The van der Waals surface area contributed by atoms with Crippen LogP contribution in [0.5, 0.6) is 11.5 Å². The summed E-state index contributed by atoms with van der Waals surface area (Å²) in [7, 11) is 0. The molecule has 0 amide bonds. The number of unbranched alkanes of at least 4 members (excludes halogenated alkanes) is 6. The minimum Gasteiger partial charge on any atom is -0.491 e. The highest BCUT2D eigenvalue weighted by atomic mass is 32.1. The Bertz CT molecular complexity index is 1100. The molecule has 0 bridgehead atoms. The van der Waals surface area contributed by atoms with E-state index in [4.69, 9.17) is 14.5 Å². The molecular formula is C33H44N2O2S. The standard InChI is InChI=1S/C33H44N2O2S/c1-5-7-9-11-13-25(3)36-29-19-15-27(16-20-29)31-23-35-24-32(38-33(35)34-31)28-17-21-30(22-18-28)37-26(4)14-12-10-8-6-2/h15-26H,5-14H2,1-4H3. The highest BCUT2D eigenvalue weighted by Gasteiger charge is 2.11. The Balaban J connectivity index is 1.32. The van der Waals surface area contributed by atoms with Crippen LogP contribution in [-0.2, 0) is 0 Å². The van der Waals surface area contributed by atoms with Gasteiger partial charge in [0.2, 0.25) is 0 Å². The first-order valence-electron chi connectivity index (χ1n) is 14.6. The molecule has 4 nitrogen and oxygen atoms in total. The molecule has 2 unspecified atom stereocenters. The lowest BCUT2D eigenvalue weighted by Crippen LogP contribution is -2.11. The largest absolute Gasteiger partial charge is 0.491 e. The number of fused-ring (bicyclic) bond motifs is 1. The Kier molecular flexibility index (Phi) is 10.7. The number of thiazole rings is 1. The number of rotatable bonds is 16. The van der Waals surface area contributed by atoms with Crippen LogP contribution in [0.1, 0.15) is 91.9 Å². The van der Waals surface area contributed by atoms with E-state index >= 15 is 0 Å². The topological polar surface area (TPSA) is 35.8 Å². The molecule has 0 aliphatic carbocycles. The van der Waals surface area contributed by atoms with E-state index in [1.165, 1.54) is 61.8 Å². The first-order chi connectivity index (χ1) is 18.6. The number of hydrogen-bond donors (Lipinski definition) is 0. The van der Waals surface area contributed by atoms with Crippen LogP contribution in [0, 0.1) is 0 Å². The quantitative estimate of drug-likeness (QED) is 0.135. The van der Waals surface area contributed by atoms with Crippen molar-refractivity contribution in [2.45, 2.75) is 104 Å². The maximum Gasteiger partial charge on any atom is 0.194 e. The molecule has 0 saturated carbocycles. The SMILES string of the molecule is CCCCCCC(C)Oc1ccc(-c2cn3cc(-c4ccc(OC(C)CCCCCC)cc4)sc3n2)cc1. The van der Waals surface area contributed by atoms with Gasteiger partial charge in [0.15, 0.2) is 4.96 Å². The van der Waals surface area contributed by atoms with Gasteiger partial charge in [-0.15, -0.1) is 0 Å². The van der Waals surface area contributed by atoms with E-state index in [9.17, 15) is 0 Å². The van der Waals surface area contributed by atoms with Crippen molar-refractivity contribution in [3.63, 3.8) is 0 Å². The van der Waals surface area contributed by atoms with Gasteiger partial charge in [-0.3, -0.25) is 4.40 Å². The average molecular weight is 533 g/mol. The van der Waals surface area contributed by atoms with Crippen LogP contribution in [-0.4, -0.2) is 21.6 Å². The number of hydrogen-bond acceptors (Lipinski definition) is 4. The van der Waals surface area contributed by atoms with Crippen molar-refractivity contribution in [1.82, 2.24) is 9.38 Å². The molecule has 2 aromatic carbocycles. The molecule has 4 rings (SSSR count). The summed E-state index contributed by atoms with van der Waals surface area (Å²) in [6, 6.07) is 16.8. The molecule has 0 N–H and O–H groups in total. The van der Waals surface area contributed by atoms with Crippen LogP contribution in [0.4, 0.5) is 0 Å². The number of aromatic nitrogens is 2. The monoisotopic (exact) mass is 532 g/mol. The summed E-state index contributed by atoms with van der Waals surface area (Å²) < 4.78 is 14.4. The lowest BCUT2D eigenvalue weighted by Gasteiger charge is -2.14. The molecule has 0 spiro atoms. The van der Waals surface area contributed by atoms with Gasteiger partial charge in [0.25, 0.3) is 0 Å². The van der Waals surface area contributed by atoms with Crippen LogP contribution in [0.2, 0.25) is 0 Å². The minimum atomic E-state index is 0.244. The highest BCUT2D eigenvalue weighted by molar-refractivity contribution is 7.20. The van der Waals surface area contributed by atoms with Crippen molar-refractivity contribution in [2.75, 3.05) is 0 Å². The third-order valence-electron chi connectivity index (χ3n) is 7.05. The molecule has 2 atom stereocenters. The zero-order valence-corrected chi connectivity index (χ0v) is 24.4. The van der Waals surface area contributed by atoms with Gasteiger partial charge in [-0.2, -0.15) is 0 Å². The number of benzene rings is 2. The summed E-state index contributed by atoms with van der Waals surface area (Å²) in [5.74, 6) is 1.87. The van der Waals surface area contributed by atoms with E-state index in [-0.39, 0.29) is 12.2 Å². The van der Waals surface area contributed by atoms with E-state index < -0.39 is 0 Å². The van der Waals surface area contributed by atoms with Gasteiger partial charge in [0.1, 0.15) is 11.5 Å². The smallest absolute Gasteiger partial charge is 0.194 e. The predicted molar refractivity (Wildman–Crippen MR) is 162 cm³/mol. The second kappa shape index (κ2) is 14.4. The summed E-state index contributed by atoms with van der Waals surface area (Å²) in [4.78, 5) is 7.09. The lowest BCUT2D eigenvalue weighted by atomic mass is 10.1. The van der Waals surface area contributed by atoms with Crippen molar-refractivity contribution >= 4 is 16.3 Å². The fraction of sp³-hybridized carbons (Fsp3) is 0.485. The summed E-state index contributed by atoms with van der Waals surface area (Å²) in [5.41, 5.74) is 3.28. The zero-order valence-electron chi connectivity index (χ0n) is 23.6. The van der Waals surface area contributed by atoms with E-state index in [2.05, 4.69) is 93.0 Å². The first-order valence-corrected chi connectivity index (χ1v) is 15.4. The summed E-state index contributed by atoms with van der Waals surface area (Å²) in [5, 5.41) is 0. The van der Waals surface area contributed by atoms with Crippen LogP contribution in [0.15, 0.2) is 60.9 Å². The van der Waals surface area contributed by atoms with Gasteiger partial charge in [-0.05, 0) is 93.6 Å². The second-order valence-corrected chi connectivity index (χ2v) is 11.5. The Hall–Kier alpha value is -2.79. The predicted octanol–water partition coefficient (Wildman–Crippen LogP) is 10.2. The molecule has 5 heteroatoms. The Morgan fingerprint density at radius 2 is 1.21 bits per heavy atom. The molecule has 38 heavy (non-hydrogen) atoms. The van der Waals surface area contributed by atoms with E-state index in [1.807, 2.05) is 0 Å². The molecule has 2 heterocycles. The third-order valence-corrected chi connectivity index (χ3v) is 8.09. The van der Waals surface area contributed by atoms with Crippen molar-refractivity contribution in [3.8, 4) is 33.2 Å². The van der Waals surface area contributed by atoms with Crippen molar-refractivity contribution < 1.29 is 9.47 Å². The van der Waals surface area contributed by atoms with Crippen molar-refractivity contribution in [2.24, 2.45) is 0 Å². The maximum atomic E-state index is 6.13. The number of nitrogens with zero attached hydrogens (tertiary/aromatic N) is 2. The van der Waals surface area contributed by atoms with Gasteiger partial charge in [0, 0.05) is 18.0 Å². The Morgan fingerprint density at radius 3 is 1.71 bits per heavy atom. The number of imidazole rings is 1. The first kappa shape index (κ1) is 28.2. The molecule has 2 aromatic heterocycles. The lowest BCUT2D eigenvalue weighted by molar-refractivity contribution is 0.206. The molecule has 204 valence electrons. The molecular weight excluding hydrogens is 488 g/mol. The molecule has 0 fully saturated rings. The Labute approximate surface area is 233 Å². The summed E-state index contributed by atoms with van der Waals surface area (Å²) in [6.07, 6.45) is 17.2. The van der Waals surface area contributed by atoms with Crippen molar-refractivity contribution in [3.05, 3.63) is 60.9 Å². The molecule has 4 aromatic rings. The Morgan fingerprint density at radius 1 is 0.684 bits per heavy atom. The number of ether oxygens (including phenoxy) is 2. The molecule has 0 aliphatic heterocycles. The van der Waals surface area contributed by atoms with Gasteiger partial charge >= 0.3 is 0 Å². The fourth-order valence-corrected chi connectivity index (χ4v) is 5.74. The van der Waals surface area contributed by atoms with Crippen LogP contribution in [0.3, 0.4) is 0 Å². The van der Waals surface area contributed by atoms with E-state index in [0.717, 1.165) is 40.6 Å². The van der Waals surface area contributed by atoms with Gasteiger partial charge in [0.05, 0.1) is 22.8 Å². The van der Waals surface area contributed by atoms with Gasteiger partial charge in [-0.25, -0.2) is 4.98 Å². The normalized spacial score (nSPS) is 13.1.